The van der Waals surface area contributed by atoms with E-state index in [0.29, 0.717) is 17.3 Å². The lowest BCUT2D eigenvalue weighted by molar-refractivity contribution is -0.139. The third kappa shape index (κ3) is 7.05. The molecule has 0 radical (unpaired) electrons. The Morgan fingerprint density at radius 2 is 1.68 bits per heavy atom. The minimum absolute atomic E-state index is 0.0204. The molecular formula is C28H32ClN3O5S. The van der Waals surface area contributed by atoms with Crippen molar-refractivity contribution in [2.24, 2.45) is 0 Å². The van der Waals surface area contributed by atoms with Crippen molar-refractivity contribution in [2.75, 3.05) is 24.5 Å². The van der Waals surface area contributed by atoms with Gasteiger partial charge in [0.2, 0.25) is 11.8 Å². The monoisotopic (exact) mass is 557 g/mol. The van der Waals surface area contributed by atoms with E-state index in [2.05, 4.69) is 5.32 Å². The Labute approximate surface area is 229 Å². The maximum absolute atomic E-state index is 13.8. The van der Waals surface area contributed by atoms with E-state index in [1.165, 1.54) is 42.3 Å². The second kappa shape index (κ2) is 12.8. The number of carbonyl (C=O) groups excluding carboxylic acids is 2. The number of carbonyl (C=O) groups is 2. The first-order chi connectivity index (χ1) is 18.1. The van der Waals surface area contributed by atoms with E-state index in [9.17, 15) is 18.0 Å². The summed E-state index contributed by atoms with van der Waals surface area (Å²) in [5.41, 5.74) is 2.09. The molecule has 3 aromatic carbocycles. The molecule has 202 valence electrons. The number of halogens is 1. The molecule has 2 amide bonds. The Hall–Kier alpha value is -3.56. The van der Waals surface area contributed by atoms with Crippen LogP contribution in [0, 0.1) is 6.92 Å². The van der Waals surface area contributed by atoms with Crippen LogP contribution in [0.25, 0.3) is 0 Å². The third-order valence-electron chi connectivity index (χ3n) is 6.01. The minimum atomic E-state index is -4.19. The van der Waals surface area contributed by atoms with Gasteiger partial charge < -0.3 is 15.0 Å². The maximum atomic E-state index is 13.8. The summed E-state index contributed by atoms with van der Waals surface area (Å²) in [7, 11) is -2.70. The fourth-order valence-electron chi connectivity index (χ4n) is 3.83. The van der Waals surface area contributed by atoms with E-state index >= 15 is 0 Å². The standard InChI is InChI=1S/C28H32ClN3O5S/c1-5-30-28(34)21(3)31(18-22-11-9-20(2)10-12-22)27(33)19-32(24-8-6-7-23(29)17-24)38(35,36)26-15-13-25(37-4)14-16-26/h6-17,21H,5,18-19H2,1-4H3,(H,30,34)/t21-/m0/s1. The summed E-state index contributed by atoms with van der Waals surface area (Å²) in [4.78, 5) is 27.9. The van der Waals surface area contributed by atoms with Crippen molar-refractivity contribution in [3.8, 4) is 5.75 Å². The van der Waals surface area contributed by atoms with E-state index in [0.717, 1.165) is 15.4 Å². The molecule has 0 aliphatic carbocycles. The zero-order valence-corrected chi connectivity index (χ0v) is 23.4. The average Bonchev–Trinajstić information content (AvgIpc) is 2.91. The van der Waals surface area contributed by atoms with E-state index < -0.39 is 28.5 Å². The normalized spacial score (nSPS) is 11.9. The fraction of sp³-hybridized carbons (Fsp3) is 0.286. The molecule has 0 aliphatic heterocycles. The summed E-state index contributed by atoms with van der Waals surface area (Å²) in [6.07, 6.45) is 0. The number of sulfonamides is 1. The molecule has 0 saturated heterocycles. The van der Waals surface area contributed by atoms with Crippen molar-refractivity contribution in [3.05, 3.63) is 88.9 Å². The van der Waals surface area contributed by atoms with Crippen molar-refractivity contribution in [3.63, 3.8) is 0 Å². The number of nitrogens with zero attached hydrogens (tertiary/aromatic N) is 2. The number of benzene rings is 3. The number of ether oxygens (including phenoxy) is 1. The van der Waals surface area contributed by atoms with E-state index in [1.54, 1.807) is 32.0 Å². The molecule has 0 fully saturated rings. The van der Waals surface area contributed by atoms with Crippen molar-refractivity contribution in [2.45, 2.75) is 38.3 Å². The van der Waals surface area contributed by atoms with Crippen LogP contribution in [0.1, 0.15) is 25.0 Å². The minimum Gasteiger partial charge on any atom is -0.497 e. The maximum Gasteiger partial charge on any atom is 0.264 e. The first-order valence-electron chi connectivity index (χ1n) is 12.1. The molecule has 38 heavy (non-hydrogen) atoms. The van der Waals surface area contributed by atoms with Gasteiger partial charge in [0.15, 0.2) is 0 Å². The Balaban J connectivity index is 2.02. The van der Waals surface area contributed by atoms with Gasteiger partial charge in [-0.05, 0) is 68.8 Å². The number of nitrogens with one attached hydrogen (secondary N) is 1. The van der Waals surface area contributed by atoms with Gasteiger partial charge in [0, 0.05) is 18.1 Å². The Kier molecular flexibility index (Phi) is 9.77. The number of likely N-dealkylation sites (N-methyl/N-ethyl adjacent to an activating group) is 1. The molecule has 0 bridgehead atoms. The molecule has 0 spiro atoms. The molecule has 0 aromatic heterocycles. The number of hydrogen-bond donors (Lipinski definition) is 1. The molecule has 0 heterocycles. The predicted molar refractivity (Wildman–Crippen MR) is 149 cm³/mol. The molecule has 1 N–H and O–H groups in total. The number of anilines is 1. The average molecular weight is 558 g/mol. The van der Waals surface area contributed by atoms with Crippen LogP contribution in [0.4, 0.5) is 5.69 Å². The van der Waals surface area contributed by atoms with Gasteiger partial charge in [-0.15, -0.1) is 0 Å². The predicted octanol–water partition coefficient (Wildman–Crippen LogP) is 4.41. The lowest BCUT2D eigenvalue weighted by atomic mass is 10.1. The molecule has 10 heteroatoms. The van der Waals surface area contributed by atoms with Gasteiger partial charge in [0.05, 0.1) is 17.7 Å². The van der Waals surface area contributed by atoms with Crippen LogP contribution in [0.5, 0.6) is 5.75 Å². The summed E-state index contributed by atoms with van der Waals surface area (Å²) in [6.45, 7) is 5.36. The van der Waals surface area contributed by atoms with Crippen LogP contribution >= 0.6 is 11.6 Å². The van der Waals surface area contributed by atoms with Crippen LogP contribution < -0.4 is 14.4 Å². The highest BCUT2D eigenvalue weighted by molar-refractivity contribution is 7.92. The summed E-state index contributed by atoms with van der Waals surface area (Å²) < 4.78 is 33.7. The van der Waals surface area contributed by atoms with Gasteiger partial charge in [-0.2, -0.15) is 0 Å². The smallest absolute Gasteiger partial charge is 0.264 e. The number of rotatable bonds is 11. The Bertz CT molecular complexity index is 1360. The largest absolute Gasteiger partial charge is 0.497 e. The summed E-state index contributed by atoms with van der Waals surface area (Å²) in [5.74, 6) is -0.379. The zero-order valence-electron chi connectivity index (χ0n) is 21.8. The number of hydrogen-bond acceptors (Lipinski definition) is 5. The highest BCUT2D eigenvalue weighted by Gasteiger charge is 2.32. The van der Waals surface area contributed by atoms with Crippen molar-refractivity contribution in [1.82, 2.24) is 10.2 Å². The number of amides is 2. The molecule has 0 saturated carbocycles. The molecule has 3 rings (SSSR count). The van der Waals surface area contributed by atoms with Gasteiger partial charge in [0.1, 0.15) is 18.3 Å². The van der Waals surface area contributed by atoms with E-state index in [1.807, 2.05) is 31.2 Å². The van der Waals surface area contributed by atoms with Gasteiger partial charge >= 0.3 is 0 Å². The summed E-state index contributed by atoms with van der Waals surface area (Å²) >= 11 is 6.18. The van der Waals surface area contributed by atoms with Crippen molar-refractivity contribution < 1.29 is 22.7 Å². The van der Waals surface area contributed by atoms with Gasteiger partial charge in [-0.1, -0.05) is 47.5 Å². The van der Waals surface area contributed by atoms with Crippen LogP contribution in [-0.2, 0) is 26.2 Å². The van der Waals surface area contributed by atoms with Gasteiger partial charge in [-0.3, -0.25) is 13.9 Å². The fourth-order valence-corrected chi connectivity index (χ4v) is 5.42. The Morgan fingerprint density at radius 3 is 2.26 bits per heavy atom. The molecule has 8 nitrogen and oxygen atoms in total. The molecule has 0 aliphatic rings. The van der Waals surface area contributed by atoms with Gasteiger partial charge in [-0.25, -0.2) is 8.42 Å². The Morgan fingerprint density at radius 1 is 1.03 bits per heavy atom. The highest BCUT2D eigenvalue weighted by atomic mass is 35.5. The van der Waals surface area contributed by atoms with E-state index in [-0.39, 0.29) is 23.0 Å². The number of methoxy groups -OCH3 is 1. The quantitative estimate of drug-likeness (QED) is 0.377. The second-order valence-electron chi connectivity index (χ2n) is 8.74. The van der Waals surface area contributed by atoms with Crippen LogP contribution in [0.2, 0.25) is 5.02 Å². The summed E-state index contributed by atoms with van der Waals surface area (Å²) in [5, 5.41) is 3.06. The molecule has 1 atom stereocenters. The molecule has 3 aromatic rings. The lowest BCUT2D eigenvalue weighted by Gasteiger charge is -2.32. The van der Waals surface area contributed by atoms with Crippen LogP contribution in [0.15, 0.2) is 77.7 Å². The van der Waals surface area contributed by atoms with Gasteiger partial charge in [0.25, 0.3) is 10.0 Å². The van der Waals surface area contributed by atoms with Crippen molar-refractivity contribution in [1.29, 1.82) is 0 Å². The van der Waals surface area contributed by atoms with E-state index in [4.69, 9.17) is 16.3 Å². The highest BCUT2D eigenvalue weighted by Crippen LogP contribution is 2.28. The SMILES string of the molecule is CCNC(=O)[C@H](C)N(Cc1ccc(C)cc1)C(=O)CN(c1cccc(Cl)c1)S(=O)(=O)c1ccc(OC)cc1. The number of aryl methyl sites for hydroxylation is 1. The molecule has 0 unspecified atom stereocenters. The van der Waals surface area contributed by atoms with Crippen LogP contribution in [0.3, 0.4) is 0 Å². The second-order valence-corrected chi connectivity index (χ2v) is 11.0. The first-order valence-corrected chi connectivity index (χ1v) is 13.9. The molecular weight excluding hydrogens is 526 g/mol. The first kappa shape index (κ1) is 29.0. The zero-order chi connectivity index (χ0) is 27.9. The van der Waals surface area contributed by atoms with Crippen molar-refractivity contribution >= 4 is 39.1 Å². The third-order valence-corrected chi connectivity index (χ3v) is 8.04. The summed E-state index contributed by atoms with van der Waals surface area (Å²) in [6, 6.07) is 18.9. The lowest BCUT2D eigenvalue weighted by Crippen LogP contribution is -2.51. The topological polar surface area (TPSA) is 96.0 Å². The van der Waals surface area contributed by atoms with Crippen LogP contribution in [-0.4, -0.2) is 51.4 Å².